The van der Waals surface area contributed by atoms with Gasteiger partial charge in [0.1, 0.15) is 5.82 Å². The number of halogens is 1. The van der Waals surface area contributed by atoms with Crippen LogP contribution in [0, 0.1) is 5.82 Å². The molecule has 0 spiro atoms. The number of carbonyl (C=O) groups is 2. The number of hydrogen-bond donors (Lipinski definition) is 1. The summed E-state index contributed by atoms with van der Waals surface area (Å²) in [6.07, 6.45) is 1.22. The van der Waals surface area contributed by atoms with Gasteiger partial charge >= 0.3 is 0 Å². The number of amides is 2. The SMILES string of the molecule is C[C@H](NC(=O)c1ncoc1-c1ccccc1C(=O)N1CCN(c2ccc(F)cc2)CC1)c1ccccc1. The van der Waals surface area contributed by atoms with E-state index in [9.17, 15) is 14.0 Å². The molecule has 2 heterocycles. The number of aromatic nitrogens is 1. The van der Waals surface area contributed by atoms with Gasteiger partial charge in [0.2, 0.25) is 0 Å². The Kier molecular flexibility index (Phi) is 6.98. The first-order valence-corrected chi connectivity index (χ1v) is 12.2. The number of nitrogens with zero attached hydrogens (tertiary/aromatic N) is 3. The number of oxazole rings is 1. The van der Waals surface area contributed by atoms with Gasteiger partial charge in [-0.25, -0.2) is 9.37 Å². The smallest absolute Gasteiger partial charge is 0.274 e. The second-order valence-electron chi connectivity index (χ2n) is 8.94. The van der Waals surface area contributed by atoms with Crippen molar-refractivity contribution in [2.75, 3.05) is 31.1 Å². The predicted octanol–water partition coefficient (Wildman–Crippen LogP) is 4.93. The van der Waals surface area contributed by atoms with Crippen molar-refractivity contribution in [3.8, 4) is 11.3 Å². The number of piperazine rings is 1. The first-order valence-electron chi connectivity index (χ1n) is 12.2. The molecule has 188 valence electrons. The highest BCUT2D eigenvalue weighted by molar-refractivity contribution is 6.04. The van der Waals surface area contributed by atoms with E-state index in [2.05, 4.69) is 15.2 Å². The van der Waals surface area contributed by atoms with Crippen molar-refractivity contribution in [1.82, 2.24) is 15.2 Å². The zero-order valence-electron chi connectivity index (χ0n) is 20.4. The maximum Gasteiger partial charge on any atom is 0.274 e. The molecule has 1 fully saturated rings. The number of anilines is 1. The van der Waals surface area contributed by atoms with E-state index in [1.165, 1.54) is 18.5 Å². The van der Waals surface area contributed by atoms with E-state index in [0.717, 1.165) is 11.3 Å². The molecule has 1 N–H and O–H groups in total. The molecule has 1 atom stereocenters. The first-order chi connectivity index (χ1) is 18.0. The standard InChI is InChI=1S/C29H27FN4O3/c1-20(21-7-3-2-4-8-21)32-28(35)26-27(37-19-31-26)24-9-5-6-10-25(24)29(36)34-17-15-33(16-18-34)23-13-11-22(30)12-14-23/h2-14,19-20H,15-18H2,1H3,(H,32,35)/t20-/m0/s1. The third-order valence-electron chi connectivity index (χ3n) is 6.59. The van der Waals surface area contributed by atoms with Crippen molar-refractivity contribution in [3.63, 3.8) is 0 Å². The summed E-state index contributed by atoms with van der Waals surface area (Å²) in [7, 11) is 0. The lowest BCUT2D eigenvalue weighted by atomic mass is 10.0. The summed E-state index contributed by atoms with van der Waals surface area (Å²) in [5.41, 5.74) is 2.99. The molecule has 0 unspecified atom stereocenters. The van der Waals surface area contributed by atoms with Gasteiger partial charge in [-0.1, -0.05) is 48.5 Å². The van der Waals surface area contributed by atoms with Gasteiger partial charge in [0.25, 0.3) is 11.8 Å². The van der Waals surface area contributed by atoms with Crippen LogP contribution in [0.15, 0.2) is 89.7 Å². The molecule has 1 aromatic heterocycles. The van der Waals surface area contributed by atoms with Crippen molar-refractivity contribution in [1.29, 1.82) is 0 Å². The molecular weight excluding hydrogens is 471 g/mol. The van der Waals surface area contributed by atoms with Gasteiger partial charge in [-0.3, -0.25) is 9.59 Å². The zero-order valence-corrected chi connectivity index (χ0v) is 20.4. The summed E-state index contributed by atoms with van der Waals surface area (Å²) in [6.45, 7) is 4.20. The lowest BCUT2D eigenvalue weighted by molar-refractivity contribution is 0.0747. The summed E-state index contributed by atoms with van der Waals surface area (Å²) in [5.74, 6) is -0.541. The minimum atomic E-state index is -0.379. The Labute approximate surface area is 214 Å². The van der Waals surface area contributed by atoms with Crippen LogP contribution < -0.4 is 10.2 Å². The van der Waals surface area contributed by atoms with Crippen LogP contribution in [-0.2, 0) is 0 Å². The monoisotopic (exact) mass is 498 g/mol. The van der Waals surface area contributed by atoms with Gasteiger partial charge in [-0.2, -0.15) is 0 Å². The number of nitrogens with one attached hydrogen (secondary N) is 1. The molecule has 7 nitrogen and oxygen atoms in total. The van der Waals surface area contributed by atoms with E-state index in [1.807, 2.05) is 37.3 Å². The average Bonchev–Trinajstić information content (AvgIpc) is 3.44. The zero-order chi connectivity index (χ0) is 25.8. The minimum Gasteiger partial charge on any atom is -0.443 e. The highest BCUT2D eigenvalue weighted by Crippen LogP contribution is 2.29. The number of rotatable bonds is 6. The third kappa shape index (κ3) is 5.23. The van der Waals surface area contributed by atoms with E-state index in [0.29, 0.717) is 37.3 Å². The molecule has 0 bridgehead atoms. The molecule has 1 saturated heterocycles. The average molecular weight is 499 g/mol. The third-order valence-corrected chi connectivity index (χ3v) is 6.59. The van der Waals surface area contributed by atoms with Gasteiger partial charge in [0.15, 0.2) is 17.8 Å². The van der Waals surface area contributed by atoms with Crippen LogP contribution in [0.5, 0.6) is 0 Å². The van der Waals surface area contributed by atoms with Gasteiger partial charge < -0.3 is 19.5 Å². The van der Waals surface area contributed by atoms with Gasteiger partial charge in [0, 0.05) is 37.4 Å². The number of carbonyl (C=O) groups excluding carboxylic acids is 2. The first kappa shape index (κ1) is 24.2. The Morgan fingerprint density at radius 3 is 2.32 bits per heavy atom. The van der Waals surface area contributed by atoms with Crippen molar-refractivity contribution >= 4 is 17.5 Å². The number of benzene rings is 3. The fourth-order valence-corrected chi connectivity index (χ4v) is 4.55. The van der Waals surface area contributed by atoms with Crippen LogP contribution in [0.3, 0.4) is 0 Å². The molecular formula is C29H27FN4O3. The molecule has 5 rings (SSSR count). The van der Waals surface area contributed by atoms with Crippen molar-refractivity contribution in [2.24, 2.45) is 0 Å². The molecule has 8 heteroatoms. The molecule has 37 heavy (non-hydrogen) atoms. The van der Waals surface area contributed by atoms with Gasteiger partial charge in [-0.15, -0.1) is 0 Å². The fourth-order valence-electron chi connectivity index (χ4n) is 4.55. The Hall–Kier alpha value is -4.46. The van der Waals surface area contributed by atoms with Crippen molar-refractivity contribution in [3.05, 3.63) is 108 Å². The predicted molar refractivity (Wildman–Crippen MR) is 139 cm³/mol. The van der Waals surface area contributed by atoms with Crippen LogP contribution in [0.25, 0.3) is 11.3 Å². The fraction of sp³-hybridized carbons (Fsp3) is 0.207. The van der Waals surface area contributed by atoms with Crippen molar-refractivity contribution < 1.29 is 18.4 Å². The van der Waals surface area contributed by atoms with Gasteiger partial charge in [0.05, 0.1) is 11.6 Å². The van der Waals surface area contributed by atoms with Crippen LogP contribution >= 0.6 is 0 Å². The largest absolute Gasteiger partial charge is 0.443 e. The van der Waals surface area contributed by atoms with Crippen LogP contribution in [0.2, 0.25) is 0 Å². The van der Waals surface area contributed by atoms with E-state index in [4.69, 9.17) is 4.42 Å². The summed E-state index contributed by atoms with van der Waals surface area (Å²) < 4.78 is 18.9. The molecule has 0 aliphatic carbocycles. The summed E-state index contributed by atoms with van der Waals surface area (Å²) >= 11 is 0. The quantitative estimate of drug-likeness (QED) is 0.408. The maximum atomic E-state index is 13.5. The Morgan fingerprint density at radius 2 is 1.59 bits per heavy atom. The highest BCUT2D eigenvalue weighted by Gasteiger charge is 2.28. The molecule has 3 aromatic carbocycles. The van der Waals surface area contributed by atoms with E-state index in [-0.39, 0.29) is 35.1 Å². The second-order valence-corrected chi connectivity index (χ2v) is 8.94. The summed E-state index contributed by atoms with van der Waals surface area (Å²) in [5, 5.41) is 2.96. The molecule has 1 aliphatic heterocycles. The maximum absolute atomic E-state index is 13.5. The van der Waals surface area contributed by atoms with Gasteiger partial charge in [-0.05, 0) is 42.8 Å². The topological polar surface area (TPSA) is 78.7 Å². The molecule has 1 aliphatic rings. The Morgan fingerprint density at radius 1 is 0.919 bits per heavy atom. The summed E-state index contributed by atoms with van der Waals surface area (Å²) in [4.78, 5) is 34.7. The van der Waals surface area contributed by atoms with E-state index < -0.39 is 0 Å². The molecule has 4 aromatic rings. The van der Waals surface area contributed by atoms with E-state index in [1.54, 1.807) is 41.3 Å². The van der Waals surface area contributed by atoms with Crippen LogP contribution in [0.1, 0.15) is 39.4 Å². The highest BCUT2D eigenvalue weighted by atomic mass is 19.1. The Bertz CT molecular complexity index is 1380. The van der Waals surface area contributed by atoms with Crippen LogP contribution in [-0.4, -0.2) is 47.9 Å². The van der Waals surface area contributed by atoms with Crippen molar-refractivity contribution in [2.45, 2.75) is 13.0 Å². The second kappa shape index (κ2) is 10.7. The molecule has 0 saturated carbocycles. The van der Waals surface area contributed by atoms with E-state index >= 15 is 0 Å². The molecule has 2 amide bonds. The number of hydrogen-bond acceptors (Lipinski definition) is 5. The van der Waals surface area contributed by atoms with Crippen LogP contribution in [0.4, 0.5) is 10.1 Å². The lowest BCUT2D eigenvalue weighted by Gasteiger charge is -2.36. The molecule has 0 radical (unpaired) electrons. The Balaban J connectivity index is 1.32. The lowest BCUT2D eigenvalue weighted by Crippen LogP contribution is -2.48. The minimum absolute atomic E-state index is 0.129. The normalized spacial score (nSPS) is 14.3. The summed E-state index contributed by atoms with van der Waals surface area (Å²) in [6, 6.07) is 22.9.